The molecule has 0 radical (unpaired) electrons. The van der Waals surface area contributed by atoms with Gasteiger partial charge >= 0.3 is 0 Å². The highest BCUT2D eigenvalue weighted by atomic mass is 35.5. The fraction of sp³-hybridized carbons (Fsp3) is 0.955. The molecule has 0 saturated carbocycles. The SMILES string of the molecule is CCCCCCCCCCCCCCCCCC(=O)NCCOCCN.Cl. The van der Waals surface area contributed by atoms with Gasteiger partial charge in [0.05, 0.1) is 13.2 Å². The van der Waals surface area contributed by atoms with Crippen LogP contribution in [0.3, 0.4) is 0 Å². The Hall–Kier alpha value is -0.320. The summed E-state index contributed by atoms with van der Waals surface area (Å²) in [5, 5.41) is 2.89. The number of unbranched alkanes of at least 4 members (excludes halogenated alkanes) is 14. The minimum absolute atomic E-state index is 0. The number of amides is 1. The molecule has 0 rings (SSSR count). The Bertz CT molecular complexity index is 291. The Morgan fingerprint density at radius 2 is 1.19 bits per heavy atom. The molecule has 1 amide bonds. The predicted octanol–water partition coefficient (Wildman–Crippen LogP) is 5.76. The number of carbonyl (C=O) groups is 1. The number of carbonyl (C=O) groups excluding carboxylic acids is 1. The molecule has 0 bridgehead atoms. The molecule has 164 valence electrons. The number of nitrogens with two attached hydrogens (primary N) is 1. The van der Waals surface area contributed by atoms with Crippen molar-refractivity contribution >= 4 is 18.3 Å². The summed E-state index contributed by atoms with van der Waals surface area (Å²) in [4.78, 5) is 11.6. The van der Waals surface area contributed by atoms with Crippen molar-refractivity contribution in [3.05, 3.63) is 0 Å². The van der Waals surface area contributed by atoms with Crippen molar-refractivity contribution in [1.82, 2.24) is 5.32 Å². The van der Waals surface area contributed by atoms with E-state index in [4.69, 9.17) is 10.5 Å². The summed E-state index contributed by atoms with van der Waals surface area (Å²) >= 11 is 0. The smallest absolute Gasteiger partial charge is 0.220 e. The van der Waals surface area contributed by atoms with E-state index in [0.29, 0.717) is 32.7 Å². The number of hydrogen-bond acceptors (Lipinski definition) is 3. The first kappa shape index (κ1) is 28.9. The number of ether oxygens (including phenoxy) is 1. The van der Waals surface area contributed by atoms with Crippen molar-refractivity contribution in [1.29, 1.82) is 0 Å². The van der Waals surface area contributed by atoms with Crippen molar-refractivity contribution in [2.45, 2.75) is 110 Å². The van der Waals surface area contributed by atoms with Crippen LogP contribution >= 0.6 is 12.4 Å². The van der Waals surface area contributed by atoms with Crippen LogP contribution in [0.4, 0.5) is 0 Å². The summed E-state index contributed by atoms with van der Waals surface area (Å²) in [6.45, 7) is 4.53. The third-order valence-electron chi connectivity index (χ3n) is 4.84. The van der Waals surface area contributed by atoms with Crippen LogP contribution in [0.1, 0.15) is 110 Å². The predicted molar refractivity (Wildman–Crippen MR) is 120 cm³/mol. The second-order valence-electron chi connectivity index (χ2n) is 7.45. The highest BCUT2D eigenvalue weighted by Gasteiger charge is 2.00. The van der Waals surface area contributed by atoms with E-state index in [-0.39, 0.29) is 18.3 Å². The van der Waals surface area contributed by atoms with Gasteiger partial charge in [-0.2, -0.15) is 0 Å². The van der Waals surface area contributed by atoms with Gasteiger partial charge in [0.2, 0.25) is 5.91 Å². The lowest BCUT2D eigenvalue weighted by Crippen LogP contribution is -2.27. The molecule has 0 aromatic rings. The Labute approximate surface area is 175 Å². The molecule has 0 aromatic carbocycles. The maximum Gasteiger partial charge on any atom is 0.220 e. The first-order chi connectivity index (χ1) is 12.8. The summed E-state index contributed by atoms with van der Waals surface area (Å²) in [6.07, 6.45) is 20.9. The highest BCUT2D eigenvalue weighted by molar-refractivity contribution is 5.85. The molecule has 3 N–H and O–H groups in total. The van der Waals surface area contributed by atoms with Gasteiger partial charge in [-0.15, -0.1) is 12.4 Å². The van der Waals surface area contributed by atoms with Gasteiger partial charge in [-0.3, -0.25) is 4.79 Å². The lowest BCUT2D eigenvalue weighted by atomic mass is 10.0. The van der Waals surface area contributed by atoms with Crippen LogP contribution in [0.15, 0.2) is 0 Å². The van der Waals surface area contributed by atoms with Crippen LogP contribution in [-0.4, -0.2) is 32.2 Å². The number of hydrogen-bond donors (Lipinski definition) is 2. The summed E-state index contributed by atoms with van der Waals surface area (Å²) in [7, 11) is 0. The van der Waals surface area contributed by atoms with Crippen molar-refractivity contribution < 1.29 is 9.53 Å². The molecule has 27 heavy (non-hydrogen) atoms. The molecule has 0 aromatic heterocycles. The fourth-order valence-electron chi connectivity index (χ4n) is 3.19. The van der Waals surface area contributed by atoms with Crippen molar-refractivity contribution in [2.24, 2.45) is 5.73 Å². The normalized spacial score (nSPS) is 10.6. The maximum absolute atomic E-state index is 11.6. The lowest BCUT2D eigenvalue weighted by Gasteiger charge is -2.06. The van der Waals surface area contributed by atoms with Crippen LogP contribution in [0.25, 0.3) is 0 Å². The van der Waals surface area contributed by atoms with Gasteiger partial charge in [0.25, 0.3) is 0 Å². The van der Waals surface area contributed by atoms with E-state index < -0.39 is 0 Å². The van der Waals surface area contributed by atoms with Gasteiger partial charge in [-0.1, -0.05) is 96.8 Å². The molecule has 0 atom stereocenters. The van der Waals surface area contributed by atoms with Crippen LogP contribution in [0.5, 0.6) is 0 Å². The van der Waals surface area contributed by atoms with Crippen molar-refractivity contribution in [3.63, 3.8) is 0 Å². The van der Waals surface area contributed by atoms with Crippen molar-refractivity contribution in [3.8, 4) is 0 Å². The minimum atomic E-state index is 0. The van der Waals surface area contributed by atoms with Crippen molar-refractivity contribution in [2.75, 3.05) is 26.3 Å². The number of halogens is 1. The van der Waals surface area contributed by atoms with E-state index in [0.717, 1.165) is 6.42 Å². The molecular weight excluding hydrogens is 360 g/mol. The molecule has 0 aliphatic rings. The van der Waals surface area contributed by atoms with Gasteiger partial charge in [0, 0.05) is 19.5 Å². The number of rotatable bonds is 21. The quantitative estimate of drug-likeness (QED) is 0.238. The van der Waals surface area contributed by atoms with E-state index in [2.05, 4.69) is 12.2 Å². The van der Waals surface area contributed by atoms with Crippen LogP contribution in [0, 0.1) is 0 Å². The molecule has 0 unspecified atom stereocenters. The average molecular weight is 407 g/mol. The van der Waals surface area contributed by atoms with Crippen LogP contribution < -0.4 is 11.1 Å². The Morgan fingerprint density at radius 3 is 1.63 bits per heavy atom. The summed E-state index contributed by atoms with van der Waals surface area (Å²) in [5.41, 5.74) is 5.33. The standard InChI is InChI=1S/C22H46N2O2.ClH/c1-2-3-4-5-6-7-8-9-10-11-12-13-14-15-16-17-22(25)24-19-21-26-20-18-23;/h2-21,23H2,1H3,(H,24,25);1H. The van der Waals surface area contributed by atoms with Gasteiger partial charge < -0.3 is 15.8 Å². The van der Waals surface area contributed by atoms with E-state index >= 15 is 0 Å². The third-order valence-corrected chi connectivity index (χ3v) is 4.84. The van der Waals surface area contributed by atoms with Gasteiger partial charge in [0.15, 0.2) is 0 Å². The van der Waals surface area contributed by atoms with Gasteiger partial charge in [-0.05, 0) is 6.42 Å². The first-order valence-corrected chi connectivity index (χ1v) is 11.4. The average Bonchev–Trinajstić information content (AvgIpc) is 2.64. The molecule has 0 saturated heterocycles. The highest BCUT2D eigenvalue weighted by Crippen LogP contribution is 2.13. The van der Waals surface area contributed by atoms with E-state index in [1.807, 2.05) is 0 Å². The summed E-state index contributed by atoms with van der Waals surface area (Å²) < 4.78 is 5.22. The molecule has 0 spiro atoms. The van der Waals surface area contributed by atoms with E-state index in [1.165, 1.54) is 89.9 Å². The summed E-state index contributed by atoms with van der Waals surface area (Å²) in [6, 6.07) is 0. The monoisotopic (exact) mass is 406 g/mol. The number of nitrogens with one attached hydrogen (secondary N) is 1. The molecule has 4 nitrogen and oxygen atoms in total. The topological polar surface area (TPSA) is 64.3 Å². The fourth-order valence-corrected chi connectivity index (χ4v) is 3.19. The summed E-state index contributed by atoms with van der Waals surface area (Å²) in [5.74, 6) is 0.149. The largest absolute Gasteiger partial charge is 0.378 e. The van der Waals surface area contributed by atoms with E-state index in [9.17, 15) is 4.79 Å². The maximum atomic E-state index is 11.6. The Morgan fingerprint density at radius 1 is 0.741 bits per heavy atom. The zero-order valence-electron chi connectivity index (χ0n) is 17.9. The van der Waals surface area contributed by atoms with Gasteiger partial charge in [-0.25, -0.2) is 0 Å². The molecule has 0 aliphatic carbocycles. The second-order valence-corrected chi connectivity index (χ2v) is 7.45. The molecule has 0 fully saturated rings. The van der Waals surface area contributed by atoms with Crippen LogP contribution in [-0.2, 0) is 9.53 Å². The van der Waals surface area contributed by atoms with E-state index in [1.54, 1.807) is 0 Å². The lowest BCUT2D eigenvalue weighted by molar-refractivity contribution is -0.121. The molecule has 0 heterocycles. The van der Waals surface area contributed by atoms with Crippen LogP contribution in [0.2, 0.25) is 0 Å². The zero-order chi connectivity index (χ0) is 19.1. The Kier molecular flexibility index (Phi) is 27.5. The molecule has 5 heteroatoms. The zero-order valence-corrected chi connectivity index (χ0v) is 18.8. The second kappa shape index (κ2) is 25.7. The first-order valence-electron chi connectivity index (χ1n) is 11.4. The minimum Gasteiger partial charge on any atom is -0.378 e. The third kappa shape index (κ3) is 25.7. The molecule has 0 aliphatic heterocycles. The Balaban J connectivity index is 0. The molecular formula is C22H47ClN2O2. The van der Waals surface area contributed by atoms with Gasteiger partial charge in [0.1, 0.15) is 0 Å².